The van der Waals surface area contributed by atoms with Crippen LogP contribution in [0, 0.1) is 0 Å². The first-order chi connectivity index (χ1) is 5.70. The molecule has 12 heavy (non-hydrogen) atoms. The minimum Gasteiger partial charge on any atom is -0.378 e. The Morgan fingerprint density at radius 1 is 1.50 bits per heavy atom. The van der Waals surface area contributed by atoms with E-state index in [1.165, 1.54) is 0 Å². The van der Waals surface area contributed by atoms with Gasteiger partial charge in [-0.2, -0.15) is 0 Å². The summed E-state index contributed by atoms with van der Waals surface area (Å²) in [6.07, 6.45) is -1.02. The molecule has 2 rings (SSSR count). The number of halogens is 1. The summed E-state index contributed by atoms with van der Waals surface area (Å²) in [5.74, 6) is -0.364. The molecule has 0 fully saturated rings. The van der Waals surface area contributed by atoms with E-state index in [4.69, 9.17) is 0 Å². The molecule has 1 aliphatic rings. The summed E-state index contributed by atoms with van der Waals surface area (Å²) in [6.45, 7) is 0. The quantitative estimate of drug-likeness (QED) is 0.705. The van der Waals surface area contributed by atoms with Gasteiger partial charge in [0.2, 0.25) is 0 Å². The molecule has 0 spiro atoms. The second-order valence-corrected chi connectivity index (χ2v) is 3.45. The molecule has 1 amide bonds. The lowest BCUT2D eigenvalue weighted by atomic mass is 10.1. The second-order valence-electron chi connectivity index (χ2n) is 2.60. The van der Waals surface area contributed by atoms with Crippen LogP contribution in [0.3, 0.4) is 0 Å². The van der Waals surface area contributed by atoms with E-state index in [0.717, 1.165) is 4.47 Å². The molecule has 1 atom stereocenters. The van der Waals surface area contributed by atoms with E-state index in [-0.39, 0.29) is 5.91 Å². The Morgan fingerprint density at radius 2 is 2.25 bits per heavy atom. The van der Waals surface area contributed by atoms with Crippen LogP contribution in [-0.4, -0.2) is 11.0 Å². The third-order valence-electron chi connectivity index (χ3n) is 1.84. The summed E-state index contributed by atoms with van der Waals surface area (Å²) in [7, 11) is 0. The molecule has 0 aromatic heterocycles. The van der Waals surface area contributed by atoms with Gasteiger partial charge in [-0.1, -0.05) is 12.1 Å². The van der Waals surface area contributed by atoms with Gasteiger partial charge >= 0.3 is 0 Å². The van der Waals surface area contributed by atoms with Crippen LogP contribution >= 0.6 is 15.9 Å². The molecule has 0 aliphatic carbocycles. The maximum absolute atomic E-state index is 11.0. The number of benzene rings is 1. The largest absolute Gasteiger partial charge is 0.378 e. The molecule has 4 heteroatoms. The summed E-state index contributed by atoms with van der Waals surface area (Å²) < 4.78 is 0.796. The van der Waals surface area contributed by atoms with Crippen molar-refractivity contribution >= 4 is 27.5 Å². The number of carbonyl (C=O) groups is 1. The lowest BCUT2D eigenvalue weighted by Crippen LogP contribution is -2.10. The van der Waals surface area contributed by atoms with Gasteiger partial charge in [0.1, 0.15) is 0 Å². The van der Waals surface area contributed by atoms with Gasteiger partial charge in [0.15, 0.2) is 6.10 Å². The summed E-state index contributed by atoms with van der Waals surface area (Å²) in [5.41, 5.74) is 1.31. The highest BCUT2D eigenvalue weighted by Gasteiger charge is 2.29. The third-order valence-corrected chi connectivity index (χ3v) is 2.50. The van der Waals surface area contributed by atoms with Crippen molar-refractivity contribution < 1.29 is 9.90 Å². The van der Waals surface area contributed by atoms with Crippen molar-refractivity contribution in [2.24, 2.45) is 0 Å². The number of fused-ring (bicyclic) bond motifs is 1. The van der Waals surface area contributed by atoms with Gasteiger partial charge in [0, 0.05) is 10.0 Å². The Hall–Kier alpha value is -0.870. The fraction of sp³-hybridized carbons (Fsp3) is 0.125. The number of anilines is 1. The number of amides is 1. The van der Waals surface area contributed by atoms with E-state index < -0.39 is 6.10 Å². The third kappa shape index (κ3) is 0.956. The Bertz CT molecular complexity index is 351. The van der Waals surface area contributed by atoms with Gasteiger partial charge < -0.3 is 10.4 Å². The molecule has 2 N–H and O–H groups in total. The highest BCUT2D eigenvalue weighted by molar-refractivity contribution is 9.10. The normalized spacial score (nSPS) is 20.5. The maximum atomic E-state index is 11.0. The van der Waals surface area contributed by atoms with Crippen molar-refractivity contribution in [3.05, 3.63) is 28.2 Å². The number of carbonyl (C=O) groups excluding carboxylic acids is 1. The van der Waals surface area contributed by atoms with Crippen molar-refractivity contribution in [2.75, 3.05) is 5.32 Å². The van der Waals surface area contributed by atoms with E-state index in [1.807, 2.05) is 6.07 Å². The summed E-state index contributed by atoms with van der Waals surface area (Å²) in [4.78, 5) is 11.0. The van der Waals surface area contributed by atoms with Crippen LogP contribution < -0.4 is 5.32 Å². The minimum atomic E-state index is -1.02. The van der Waals surface area contributed by atoms with E-state index in [0.29, 0.717) is 11.3 Å². The topological polar surface area (TPSA) is 49.3 Å². The Kier molecular flexibility index (Phi) is 1.66. The lowest BCUT2D eigenvalue weighted by Gasteiger charge is -2.00. The molecule has 0 saturated carbocycles. The number of hydrogen-bond acceptors (Lipinski definition) is 2. The first-order valence-electron chi connectivity index (χ1n) is 3.47. The van der Waals surface area contributed by atoms with Gasteiger partial charge in [0.25, 0.3) is 5.91 Å². The van der Waals surface area contributed by atoms with Crippen LogP contribution in [0.5, 0.6) is 0 Å². The van der Waals surface area contributed by atoms with Crippen LogP contribution in [0.15, 0.2) is 22.7 Å². The molecule has 0 bridgehead atoms. The SMILES string of the molecule is O=C1Nc2c(Br)cccc2C1O. The molecule has 1 aromatic carbocycles. The van der Waals surface area contributed by atoms with Crippen LogP contribution in [0.25, 0.3) is 0 Å². The van der Waals surface area contributed by atoms with E-state index in [2.05, 4.69) is 21.2 Å². The standard InChI is InChI=1S/C8H6BrNO2/c9-5-3-1-2-4-6(5)10-8(12)7(4)11/h1-3,7,11H,(H,10,12). The maximum Gasteiger partial charge on any atom is 0.257 e. The van der Waals surface area contributed by atoms with E-state index in [9.17, 15) is 9.90 Å². The van der Waals surface area contributed by atoms with E-state index >= 15 is 0 Å². The summed E-state index contributed by atoms with van der Waals surface area (Å²) in [5, 5.41) is 11.9. The van der Waals surface area contributed by atoms with Crippen LogP contribution in [0.4, 0.5) is 5.69 Å². The van der Waals surface area contributed by atoms with E-state index in [1.54, 1.807) is 12.1 Å². The van der Waals surface area contributed by atoms with Gasteiger partial charge in [-0.05, 0) is 22.0 Å². The second kappa shape index (κ2) is 2.57. The number of aliphatic hydroxyl groups excluding tert-OH is 1. The zero-order valence-electron chi connectivity index (χ0n) is 6.04. The lowest BCUT2D eigenvalue weighted by molar-refractivity contribution is -0.123. The number of nitrogens with one attached hydrogen (secondary N) is 1. The van der Waals surface area contributed by atoms with Crippen molar-refractivity contribution in [3.8, 4) is 0 Å². The predicted molar refractivity (Wildman–Crippen MR) is 47.7 cm³/mol. The molecule has 1 aliphatic heterocycles. The molecule has 1 unspecified atom stereocenters. The molecule has 1 aromatic rings. The predicted octanol–water partition coefficient (Wildman–Crippen LogP) is 1.43. The van der Waals surface area contributed by atoms with Gasteiger partial charge in [-0.15, -0.1) is 0 Å². The number of para-hydroxylation sites is 1. The summed E-state index contributed by atoms with van der Waals surface area (Å²) in [6, 6.07) is 5.33. The smallest absolute Gasteiger partial charge is 0.257 e. The van der Waals surface area contributed by atoms with Gasteiger partial charge in [-0.3, -0.25) is 4.79 Å². The van der Waals surface area contributed by atoms with Gasteiger partial charge in [0.05, 0.1) is 5.69 Å². The van der Waals surface area contributed by atoms with Crippen LogP contribution in [-0.2, 0) is 4.79 Å². The minimum absolute atomic E-state index is 0.364. The Labute approximate surface area is 77.5 Å². The first kappa shape index (κ1) is 7.76. The number of aliphatic hydroxyl groups is 1. The molecule has 0 radical (unpaired) electrons. The number of hydrogen-bond donors (Lipinski definition) is 2. The molecular weight excluding hydrogens is 222 g/mol. The molecule has 3 nitrogen and oxygen atoms in total. The molecule has 0 saturated heterocycles. The van der Waals surface area contributed by atoms with Crippen LogP contribution in [0.2, 0.25) is 0 Å². The Balaban J connectivity index is 2.60. The highest BCUT2D eigenvalue weighted by Crippen LogP contribution is 2.35. The Morgan fingerprint density at radius 3 is 2.92 bits per heavy atom. The molecular formula is C8H6BrNO2. The fourth-order valence-electron chi connectivity index (χ4n) is 1.23. The fourth-order valence-corrected chi connectivity index (χ4v) is 1.71. The first-order valence-corrected chi connectivity index (χ1v) is 4.27. The van der Waals surface area contributed by atoms with Crippen molar-refractivity contribution in [3.63, 3.8) is 0 Å². The number of rotatable bonds is 0. The van der Waals surface area contributed by atoms with Crippen molar-refractivity contribution in [1.82, 2.24) is 0 Å². The van der Waals surface area contributed by atoms with Crippen molar-refractivity contribution in [1.29, 1.82) is 0 Å². The van der Waals surface area contributed by atoms with Crippen LogP contribution in [0.1, 0.15) is 11.7 Å². The zero-order chi connectivity index (χ0) is 8.72. The molecule has 1 heterocycles. The van der Waals surface area contributed by atoms with Crippen molar-refractivity contribution in [2.45, 2.75) is 6.10 Å². The summed E-state index contributed by atoms with van der Waals surface area (Å²) >= 11 is 3.28. The zero-order valence-corrected chi connectivity index (χ0v) is 7.63. The average molecular weight is 228 g/mol. The highest BCUT2D eigenvalue weighted by atomic mass is 79.9. The van der Waals surface area contributed by atoms with Gasteiger partial charge in [-0.25, -0.2) is 0 Å². The average Bonchev–Trinajstić information content (AvgIpc) is 2.32. The monoisotopic (exact) mass is 227 g/mol. The molecule has 62 valence electrons.